The number of aliphatic hydroxyl groups is 1. The van der Waals surface area contributed by atoms with Crippen LogP contribution in [0.3, 0.4) is 0 Å². The maximum atomic E-state index is 9.41. The van der Waals surface area contributed by atoms with Crippen molar-refractivity contribution in [2.24, 2.45) is 0 Å². The molecule has 0 aliphatic heterocycles. The molecule has 2 rings (SSSR count). The Kier molecular flexibility index (Phi) is 2.88. The van der Waals surface area contributed by atoms with Crippen LogP contribution in [0.5, 0.6) is 0 Å². The van der Waals surface area contributed by atoms with Crippen molar-refractivity contribution in [3.8, 4) is 0 Å². The lowest BCUT2D eigenvalue weighted by Crippen LogP contribution is -2.04. The Labute approximate surface area is 89.6 Å². The van der Waals surface area contributed by atoms with E-state index in [0.29, 0.717) is 0 Å². The molecule has 0 radical (unpaired) electrons. The molecule has 1 heterocycles. The predicted molar refractivity (Wildman–Crippen MR) is 60.9 cm³/mol. The average Bonchev–Trinajstić information content (AvgIpc) is 2.75. The summed E-state index contributed by atoms with van der Waals surface area (Å²) >= 11 is 0. The first-order chi connectivity index (χ1) is 7.31. The SMILES string of the molecule is Cc1ccc(C(CO)c2cc[nH]c2)cc1. The highest BCUT2D eigenvalue weighted by Crippen LogP contribution is 2.23. The minimum Gasteiger partial charge on any atom is -0.395 e. The van der Waals surface area contributed by atoms with E-state index in [-0.39, 0.29) is 12.5 Å². The van der Waals surface area contributed by atoms with E-state index in [4.69, 9.17) is 0 Å². The third-order valence-corrected chi connectivity index (χ3v) is 2.69. The Balaban J connectivity index is 2.31. The number of rotatable bonds is 3. The fourth-order valence-corrected chi connectivity index (χ4v) is 1.76. The molecule has 1 aromatic heterocycles. The quantitative estimate of drug-likeness (QED) is 0.786. The van der Waals surface area contributed by atoms with E-state index < -0.39 is 0 Å². The zero-order valence-corrected chi connectivity index (χ0v) is 8.77. The van der Waals surface area contributed by atoms with Crippen molar-refractivity contribution in [2.45, 2.75) is 12.8 Å². The first-order valence-electron chi connectivity index (χ1n) is 5.11. The Morgan fingerprint density at radius 2 is 1.87 bits per heavy atom. The molecule has 2 nitrogen and oxygen atoms in total. The summed E-state index contributed by atoms with van der Waals surface area (Å²) in [5, 5.41) is 9.41. The molecule has 2 N–H and O–H groups in total. The van der Waals surface area contributed by atoms with Gasteiger partial charge in [-0.1, -0.05) is 29.8 Å². The van der Waals surface area contributed by atoms with E-state index in [1.165, 1.54) is 5.56 Å². The topological polar surface area (TPSA) is 36.0 Å². The van der Waals surface area contributed by atoms with Gasteiger partial charge in [-0.25, -0.2) is 0 Å². The summed E-state index contributed by atoms with van der Waals surface area (Å²) in [5.41, 5.74) is 3.52. The van der Waals surface area contributed by atoms with E-state index in [9.17, 15) is 5.11 Å². The van der Waals surface area contributed by atoms with Crippen molar-refractivity contribution in [1.29, 1.82) is 0 Å². The summed E-state index contributed by atoms with van der Waals surface area (Å²) in [6.07, 6.45) is 3.81. The second-order valence-electron chi connectivity index (χ2n) is 3.79. The number of aliphatic hydroxyl groups excluding tert-OH is 1. The van der Waals surface area contributed by atoms with Crippen LogP contribution in [0.15, 0.2) is 42.7 Å². The lowest BCUT2D eigenvalue weighted by atomic mass is 9.93. The second-order valence-corrected chi connectivity index (χ2v) is 3.79. The first kappa shape index (κ1) is 9.99. The van der Waals surface area contributed by atoms with Crippen LogP contribution in [0.25, 0.3) is 0 Å². The van der Waals surface area contributed by atoms with Crippen LogP contribution in [0.1, 0.15) is 22.6 Å². The summed E-state index contributed by atoms with van der Waals surface area (Å²) in [4.78, 5) is 3.01. The molecule has 0 aliphatic rings. The summed E-state index contributed by atoms with van der Waals surface area (Å²) in [7, 11) is 0. The summed E-state index contributed by atoms with van der Waals surface area (Å²) < 4.78 is 0. The molecule has 0 aliphatic carbocycles. The van der Waals surface area contributed by atoms with E-state index >= 15 is 0 Å². The molecular weight excluding hydrogens is 186 g/mol. The lowest BCUT2D eigenvalue weighted by Gasteiger charge is -2.13. The van der Waals surface area contributed by atoms with E-state index in [0.717, 1.165) is 11.1 Å². The van der Waals surface area contributed by atoms with E-state index in [2.05, 4.69) is 36.2 Å². The van der Waals surface area contributed by atoms with Crippen LogP contribution in [0.2, 0.25) is 0 Å². The van der Waals surface area contributed by atoms with Gasteiger partial charge in [-0.2, -0.15) is 0 Å². The van der Waals surface area contributed by atoms with Crippen LogP contribution >= 0.6 is 0 Å². The minimum atomic E-state index is 0.0804. The minimum absolute atomic E-state index is 0.0804. The highest BCUT2D eigenvalue weighted by Gasteiger charge is 2.12. The number of benzene rings is 1. The predicted octanol–water partition coefficient (Wildman–Crippen LogP) is 2.45. The van der Waals surface area contributed by atoms with Crippen molar-refractivity contribution in [3.05, 3.63) is 59.4 Å². The molecule has 1 aromatic carbocycles. The van der Waals surface area contributed by atoms with Crippen LogP contribution in [0, 0.1) is 6.92 Å². The molecule has 0 fully saturated rings. The molecule has 0 spiro atoms. The zero-order valence-electron chi connectivity index (χ0n) is 8.77. The number of hydrogen-bond donors (Lipinski definition) is 2. The normalized spacial score (nSPS) is 12.7. The van der Waals surface area contributed by atoms with Gasteiger partial charge in [0.05, 0.1) is 6.61 Å². The monoisotopic (exact) mass is 201 g/mol. The van der Waals surface area contributed by atoms with Crippen LogP contribution in [-0.4, -0.2) is 16.7 Å². The van der Waals surface area contributed by atoms with E-state index in [1.807, 2.05) is 18.5 Å². The smallest absolute Gasteiger partial charge is 0.0541 e. The molecule has 2 heteroatoms. The third kappa shape index (κ3) is 2.10. The van der Waals surface area contributed by atoms with Gasteiger partial charge in [0.2, 0.25) is 0 Å². The molecule has 1 unspecified atom stereocenters. The Hall–Kier alpha value is -1.54. The number of aromatic nitrogens is 1. The van der Waals surface area contributed by atoms with Gasteiger partial charge in [0.1, 0.15) is 0 Å². The fourth-order valence-electron chi connectivity index (χ4n) is 1.76. The standard InChI is InChI=1S/C13H15NO/c1-10-2-4-11(5-3-10)13(9-15)12-6-7-14-8-12/h2-8,13-15H,9H2,1H3. The van der Waals surface area contributed by atoms with Crippen molar-refractivity contribution < 1.29 is 5.11 Å². The summed E-state index contributed by atoms with van der Waals surface area (Å²) in [5.74, 6) is 0.0804. The molecule has 15 heavy (non-hydrogen) atoms. The number of nitrogens with one attached hydrogen (secondary N) is 1. The van der Waals surface area contributed by atoms with Crippen molar-refractivity contribution >= 4 is 0 Å². The molecule has 78 valence electrons. The fraction of sp³-hybridized carbons (Fsp3) is 0.231. The Morgan fingerprint density at radius 1 is 1.13 bits per heavy atom. The van der Waals surface area contributed by atoms with Gasteiger partial charge < -0.3 is 10.1 Å². The zero-order chi connectivity index (χ0) is 10.7. The number of aromatic amines is 1. The maximum absolute atomic E-state index is 9.41. The van der Waals surface area contributed by atoms with Gasteiger partial charge in [-0.15, -0.1) is 0 Å². The molecule has 0 bridgehead atoms. The van der Waals surface area contributed by atoms with Gasteiger partial charge in [0, 0.05) is 18.3 Å². The molecular formula is C13H15NO. The second kappa shape index (κ2) is 4.32. The highest BCUT2D eigenvalue weighted by molar-refractivity contribution is 5.32. The lowest BCUT2D eigenvalue weighted by molar-refractivity contribution is 0.280. The van der Waals surface area contributed by atoms with E-state index in [1.54, 1.807) is 0 Å². The van der Waals surface area contributed by atoms with Gasteiger partial charge >= 0.3 is 0 Å². The van der Waals surface area contributed by atoms with Gasteiger partial charge in [-0.3, -0.25) is 0 Å². The highest BCUT2D eigenvalue weighted by atomic mass is 16.3. The van der Waals surface area contributed by atoms with Crippen LogP contribution in [0.4, 0.5) is 0 Å². The largest absolute Gasteiger partial charge is 0.395 e. The van der Waals surface area contributed by atoms with Crippen molar-refractivity contribution in [2.75, 3.05) is 6.61 Å². The summed E-state index contributed by atoms with van der Waals surface area (Å²) in [6.45, 7) is 2.20. The van der Waals surface area contributed by atoms with Crippen molar-refractivity contribution in [1.82, 2.24) is 4.98 Å². The third-order valence-electron chi connectivity index (χ3n) is 2.69. The van der Waals surface area contributed by atoms with Crippen LogP contribution in [-0.2, 0) is 0 Å². The number of H-pyrrole nitrogens is 1. The molecule has 0 saturated carbocycles. The van der Waals surface area contributed by atoms with Gasteiger partial charge in [-0.05, 0) is 24.1 Å². The first-order valence-corrected chi connectivity index (χ1v) is 5.11. The Morgan fingerprint density at radius 3 is 2.40 bits per heavy atom. The molecule has 0 amide bonds. The van der Waals surface area contributed by atoms with Gasteiger partial charge in [0.25, 0.3) is 0 Å². The number of aryl methyl sites for hydroxylation is 1. The van der Waals surface area contributed by atoms with Crippen LogP contribution < -0.4 is 0 Å². The molecule has 1 atom stereocenters. The summed E-state index contributed by atoms with van der Waals surface area (Å²) in [6, 6.07) is 10.3. The average molecular weight is 201 g/mol. The maximum Gasteiger partial charge on any atom is 0.0541 e. The Bertz CT molecular complexity index is 403. The number of hydrogen-bond acceptors (Lipinski definition) is 1. The molecule has 2 aromatic rings. The van der Waals surface area contributed by atoms with Gasteiger partial charge in [0.15, 0.2) is 0 Å². The van der Waals surface area contributed by atoms with Crippen molar-refractivity contribution in [3.63, 3.8) is 0 Å². The molecule has 0 saturated heterocycles.